The van der Waals surface area contributed by atoms with Gasteiger partial charge in [-0.05, 0) is 42.9 Å². The smallest absolute Gasteiger partial charge is 0.238 e. The molecule has 1 fully saturated rings. The summed E-state index contributed by atoms with van der Waals surface area (Å²) in [6.45, 7) is 3.70. The maximum Gasteiger partial charge on any atom is 0.238 e. The van der Waals surface area contributed by atoms with Gasteiger partial charge in [0.15, 0.2) is 0 Å². The number of hydrogen-bond donors (Lipinski definition) is 2. The van der Waals surface area contributed by atoms with Crippen LogP contribution in [0.15, 0.2) is 48.5 Å². The van der Waals surface area contributed by atoms with Gasteiger partial charge in [-0.25, -0.2) is 0 Å². The van der Waals surface area contributed by atoms with Gasteiger partial charge in [-0.2, -0.15) is 0 Å². The molecule has 136 valence electrons. The second-order valence-electron chi connectivity index (χ2n) is 7.81. The quantitative estimate of drug-likeness (QED) is 0.891. The minimum Gasteiger partial charge on any atom is -0.368 e. The number of nitrogens with two attached hydrogens (primary N) is 2. The summed E-state index contributed by atoms with van der Waals surface area (Å²) in [7, 11) is 0. The molecule has 0 radical (unpaired) electrons. The number of rotatable bonds is 4. The normalized spacial score (nSPS) is 26.6. The van der Waals surface area contributed by atoms with Crippen LogP contribution in [0.4, 0.5) is 0 Å². The summed E-state index contributed by atoms with van der Waals surface area (Å²) >= 11 is 0. The number of fused-ring (bicyclic) bond motifs is 1. The molecule has 2 aliphatic rings. The Bertz CT molecular complexity index is 834. The first-order valence-electron chi connectivity index (χ1n) is 9.46. The van der Waals surface area contributed by atoms with E-state index in [2.05, 4.69) is 54.3 Å². The predicted octanol–water partition coefficient (Wildman–Crippen LogP) is 2.69. The molecular weight excluding hydrogens is 322 g/mol. The standard InChI is InChI=1S/C22H27N3O/c1-15-5-4-8-17(13-15)20(23)19-9-11-22(19,21(24)26)25-12-10-16-6-2-3-7-18(16)14-25/h2-8,13,19-20H,9-12,14,23H2,1H3,(H2,24,26). The highest BCUT2D eigenvalue weighted by molar-refractivity contribution is 5.86. The average Bonchev–Trinajstić information content (AvgIpc) is 2.61. The first-order chi connectivity index (χ1) is 12.5. The average molecular weight is 349 g/mol. The van der Waals surface area contributed by atoms with Crippen LogP contribution in [0.25, 0.3) is 0 Å². The van der Waals surface area contributed by atoms with Gasteiger partial charge in [-0.1, -0.05) is 54.1 Å². The topological polar surface area (TPSA) is 72.3 Å². The number of carbonyl (C=O) groups is 1. The van der Waals surface area contributed by atoms with Crippen molar-refractivity contribution in [3.8, 4) is 0 Å². The van der Waals surface area contributed by atoms with Crippen LogP contribution in [0, 0.1) is 12.8 Å². The van der Waals surface area contributed by atoms with Crippen molar-refractivity contribution in [2.24, 2.45) is 17.4 Å². The van der Waals surface area contributed by atoms with Gasteiger partial charge in [-0.3, -0.25) is 9.69 Å². The Balaban J connectivity index is 1.64. The van der Waals surface area contributed by atoms with E-state index in [-0.39, 0.29) is 17.9 Å². The van der Waals surface area contributed by atoms with Gasteiger partial charge in [0.2, 0.25) is 5.91 Å². The van der Waals surface area contributed by atoms with Crippen LogP contribution < -0.4 is 11.5 Å². The Morgan fingerprint density at radius 3 is 2.62 bits per heavy atom. The van der Waals surface area contributed by atoms with Crippen LogP contribution in [0.2, 0.25) is 0 Å². The highest BCUT2D eigenvalue weighted by atomic mass is 16.1. The lowest BCUT2D eigenvalue weighted by molar-refractivity contribution is -0.147. The van der Waals surface area contributed by atoms with Gasteiger partial charge in [0.25, 0.3) is 0 Å². The fourth-order valence-corrected chi connectivity index (χ4v) is 4.86. The molecule has 4 nitrogen and oxygen atoms in total. The van der Waals surface area contributed by atoms with Crippen LogP contribution in [0.1, 0.15) is 41.1 Å². The van der Waals surface area contributed by atoms with Crippen molar-refractivity contribution in [3.63, 3.8) is 0 Å². The SMILES string of the molecule is Cc1cccc(C(N)C2CCC2(C(N)=O)N2CCc3ccccc3C2)c1. The van der Waals surface area contributed by atoms with Crippen LogP contribution in [-0.2, 0) is 17.8 Å². The van der Waals surface area contributed by atoms with Crippen LogP contribution in [0.3, 0.4) is 0 Å². The number of hydrogen-bond acceptors (Lipinski definition) is 3. The molecule has 4 N–H and O–H groups in total. The molecule has 1 aliphatic carbocycles. The van der Waals surface area contributed by atoms with E-state index < -0.39 is 5.54 Å². The fraction of sp³-hybridized carbons (Fsp3) is 0.409. The second kappa shape index (κ2) is 6.53. The number of benzene rings is 2. The highest BCUT2D eigenvalue weighted by Crippen LogP contribution is 2.50. The Hall–Kier alpha value is -2.17. The molecule has 1 amide bonds. The highest BCUT2D eigenvalue weighted by Gasteiger charge is 2.57. The molecule has 1 aliphatic heterocycles. The monoisotopic (exact) mass is 349 g/mol. The molecule has 0 spiro atoms. The van der Waals surface area contributed by atoms with Gasteiger partial charge >= 0.3 is 0 Å². The number of primary amides is 1. The van der Waals surface area contributed by atoms with Crippen molar-refractivity contribution in [3.05, 3.63) is 70.8 Å². The van der Waals surface area contributed by atoms with Crippen molar-refractivity contribution >= 4 is 5.91 Å². The second-order valence-corrected chi connectivity index (χ2v) is 7.81. The Kier molecular flexibility index (Phi) is 4.33. The number of carbonyl (C=O) groups excluding carboxylic acids is 1. The van der Waals surface area contributed by atoms with E-state index in [1.54, 1.807) is 0 Å². The van der Waals surface area contributed by atoms with E-state index >= 15 is 0 Å². The Morgan fingerprint density at radius 1 is 1.19 bits per heavy atom. The number of nitrogens with zero attached hydrogens (tertiary/aromatic N) is 1. The Morgan fingerprint density at radius 2 is 1.96 bits per heavy atom. The van der Waals surface area contributed by atoms with Crippen molar-refractivity contribution in [2.75, 3.05) is 6.54 Å². The molecule has 2 aromatic rings. The van der Waals surface area contributed by atoms with Crippen LogP contribution in [0.5, 0.6) is 0 Å². The summed E-state index contributed by atoms with van der Waals surface area (Å²) in [5, 5.41) is 0. The molecule has 4 heteroatoms. The van der Waals surface area contributed by atoms with Crippen LogP contribution in [-0.4, -0.2) is 22.9 Å². The molecule has 4 rings (SSSR count). The molecular formula is C22H27N3O. The third-order valence-corrected chi connectivity index (χ3v) is 6.43. The van der Waals surface area contributed by atoms with Crippen molar-refractivity contribution in [1.82, 2.24) is 4.90 Å². The first-order valence-corrected chi connectivity index (χ1v) is 9.46. The zero-order valence-corrected chi connectivity index (χ0v) is 15.3. The minimum absolute atomic E-state index is 0.0621. The van der Waals surface area contributed by atoms with Crippen molar-refractivity contribution < 1.29 is 4.79 Å². The molecule has 3 unspecified atom stereocenters. The van der Waals surface area contributed by atoms with Gasteiger partial charge in [0.05, 0.1) is 0 Å². The molecule has 0 aromatic heterocycles. The van der Waals surface area contributed by atoms with E-state index in [4.69, 9.17) is 11.5 Å². The predicted molar refractivity (Wildman–Crippen MR) is 103 cm³/mol. The first kappa shape index (κ1) is 17.3. The van der Waals surface area contributed by atoms with Crippen LogP contribution >= 0.6 is 0 Å². The zero-order chi connectivity index (χ0) is 18.3. The van der Waals surface area contributed by atoms with Gasteiger partial charge in [-0.15, -0.1) is 0 Å². The van der Waals surface area contributed by atoms with E-state index in [1.807, 2.05) is 6.07 Å². The number of amides is 1. The molecule has 0 saturated heterocycles. The summed E-state index contributed by atoms with van der Waals surface area (Å²) in [4.78, 5) is 14.9. The largest absolute Gasteiger partial charge is 0.368 e. The molecule has 0 bridgehead atoms. The third kappa shape index (κ3) is 2.65. The van der Waals surface area contributed by atoms with E-state index in [0.717, 1.165) is 37.9 Å². The van der Waals surface area contributed by atoms with E-state index in [9.17, 15) is 4.79 Å². The summed E-state index contributed by atoms with van der Waals surface area (Å²) in [6.07, 6.45) is 2.70. The molecule has 26 heavy (non-hydrogen) atoms. The lowest BCUT2D eigenvalue weighted by Gasteiger charge is -2.56. The van der Waals surface area contributed by atoms with E-state index in [1.165, 1.54) is 16.7 Å². The van der Waals surface area contributed by atoms with E-state index in [0.29, 0.717) is 0 Å². The molecule has 1 heterocycles. The Labute approximate surface area is 155 Å². The maximum atomic E-state index is 12.7. The lowest BCUT2D eigenvalue weighted by Crippen LogP contribution is -2.69. The zero-order valence-electron chi connectivity index (χ0n) is 15.3. The summed E-state index contributed by atoms with van der Waals surface area (Å²) < 4.78 is 0. The van der Waals surface area contributed by atoms with Gasteiger partial charge < -0.3 is 11.5 Å². The summed E-state index contributed by atoms with van der Waals surface area (Å²) in [6, 6.07) is 16.6. The molecule has 3 atom stereocenters. The minimum atomic E-state index is -0.628. The van der Waals surface area contributed by atoms with Gasteiger partial charge in [0, 0.05) is 25.0 Å². The third-order valence-electron chi connectivity index (χ3n) is 6.43. The lowest BCUT2D eigenvalue weighted by atomic mass is 9.60. The molecule has 1 saturated carbocycles. The molecule has 2 aromatic carbocycles. The maximum absolute atomic E-state index is 12.7. The van der Waals surface area contributed by atoms with Crippen molar-refractivity contribution in [2.45, 2.75) is 44.3 Å². The van der Waals surface area contributed by atoms with Gasteiger partial charge in [0.1, 0.15) is 5.54 Å². The number of aryl methyl sites for hydroxylation is 1. The summed E-state index contributed by atoms with van der Waals surface area (Å²) in [5.74, 6) is -0.164. The van der Waals surface area contributed by atoms with Crippen molar-refractivity contribution in [1.29, 1.82) is 0 Å². The summed E-state index contributed by atoms with van der Waals surface area (Å²) in [5.41, 5.74) is 17.0. The fourth-order valence-electron chi connectivity index (χ4n) is 4.86.